The number of fused-ring (bicyclic) bond motifs is 1. The summed E-state index contributed by atoms with van der Waals surface area (Å²) in [6, 6.07) is 2.97. The van der Waals surface area contributed by atoms with Gasteiger partial charge in [0.05, 0.1) is 10.9 Å². The van der Waals surface area contributed by atoms with Gasteiger partial charge in [-0.3, -0.25) is 14.6 Å². The fourth-order valence-corrected chi connectivity index (χ4v) is 5.41. The molecule has 2 unspecified atom stereocenters. The normalized spacial score (nSPS) is 25.6. The molecule has 156 valence electrons. The lowest BCUT2D eigenvalue weighted by molar-refractivity contribution is -0.0636. The molecule has 0 spiro atoms. The van der Waals surface area contributed by atoms with Crippen LogP contribution in [0.25, 0.3) is 10.9 Å². The van der Waals surface area contributed by atoms with Crippen LogP contribution < -0.4 is 11.2 Å². The number of alkyl halides is 2. The average molecular weight is 403 g/mol. The Labute approximate surface area is 168 Å². The molecule has 4 rings (SSSR count). The van der Waals surface area contributed by atoms with Gasteiger partial charge in [-0.15, -0.1) is 0 Å². The van der Waals surface area contributed by atoms with Crippen LogP contribution in [0.5, 0.6) is 0 Å². The lowest BCUT2D eigenvalue weighted by Gasteiger charge is -2.40. The standard InChI is InChI=1S/C22H27F2N3O2/c23-22(24)9-7-14(13-5-3-1-2-4-6-13)15(12-22)17-11-18(28)19-16(27-17)8-10-26-20(19)21(25)29/h8,10-11,13-15H,1-7,9,12H2,(H2,25,29)(H,27,28). The molecule has 0 aliphatic heterocycles. The van der Waals surface area contributed by atoms with E-state index in [2.05, 4.69) is 9.97 Å². The number of amides is 1. The van der Waals surface area contributed by atoms with Gasteiger partial charge in [0, 0.05) is 36.7 Å². The first-order chi connectivity index (χ1) is 13.9. The number of nitrogens with two attached hydrogens (primary N) is 1. The highest BCUT2D eigenvalue weighted by atomic mass is 19.3. The minimum atomic E-state index is -2.73. The van der Waals surface area contributed by atoms with Gasteiger partial charge in [-0.25, -0.2) is 8.78 Å². The lowest BCUT2D eigenvalue weighted by atomic mass is 9.68. The van der Waals surface area contributed by atoms with Crippen LogP contribution in [0, 0.1) is 11.8 Å². The maximum atomic E-state index is 14.4. The van der Waals surface area contributed by atoms with Crippen molar-refractivity contribution in [1.82, 2.24) is 9.97 Å². The van der Waals surface area contributed by atoms with Crippen molar-refractivity contribution in [2.45, 2.75) is 69.6 Å². The average Bonchev–Trinajstić information content (AvgIpc) is 2.96. The second-order valence-electron chi connectivity index (χ2n) is 8.66. The number of nitrogens with zero attached hydrogens (tertiary/aromatic N) is 1. The van der Waals surface area contributed by atoms with Crippen molar-refractivity contribution < 1.29 is 13.6 Å². The highest BCUT2D eigenvalue weighted by Crippen LogP contribution is 2.50. The van der Waals surface area contributed by atoms with E-state index in [4.69, 9.17) is 5.73 Å². The molecule has 2 aromatic heterocycles. The minimum Gasteiger partial charge on any atom is -0.364 e. The summed E-state index contributed by atoms with van der Waals surface area (Å²) in [5, 5.41) is 0.123. The molecule has 5 nitrogen and oxygen atoms in total. The van der Waals surface area contributed by atoms with Gasteiger partial charge in [-0.1, -0.05) is 38.5 Å². The summed E-state index contributed by atoms with van der Waals surface area (Å²) < 4.78 is 28.8. The molecule has 2 saturated carbocycles. The van der Waals surface area contributed by atoms with Crippen molar-refractivity contribution >= 4 is 16.8 Å². The van der Waals surface area contributed by atoms with E-state index >= 15 is 0 Å². The number of aromatic nitrogens is 2. The van der Waals surface area contributed by atoms with Crippen molar-refractivity contribution in [2.24, 2.45) is 17.6 Å². The number of hydrogen-bond donors (Lipinski definition) is 2. The zero-order valence-electron chi connectivity index (χ0n) is 16.4. The largest absolute Gasteiger partial charge is 0.364 e. The molecule has 29 heavy (non-hydrogen) atoms. The van der Waals surface area contributed by atoms with Gasteiger partial charge in [0.2, 0.25) is 5.92 Å². The van der Waals surface area contributed by atoms with Gasteiger partial charge >= 0.3 is 0 Å². The van der Waals surface area contributed by atoms with Crippen molar-refractivity contribution in [1.29, 1.82) is 0 Å². The number of carbonyl (C=O) groups excluding carboxylic acids is 1. The van der Waals surface area contributed by atoms with Crippen LogP contribution in [0.1, 0.15) is 79.9 Å². The summed E-state index contributed by atoms with van der Waals surface area (Å²) in [7, 11) is 0. The second kappa shape index (κ2) is 7.84. The molecule has 2 fully saturated rings. The van der Waals surface area contributed by atoms with Crippen LogP contribution >= 0.6 is 0 Å². The monoisotopic (exact) mass is 403 g/mol. The van der Waals surface area contributed by atoms with E-state index in [0.29, 0.717) is 23.5 Å². The van der Waals surface area contributed by atoms with Gasteiger partial charge in [0.15, 0.2) is 5.43 Å². The fourth-order valence-electron chi connectivity index (χ4n) is 5.41. The van der Waals surface area contributed by atoms with E-state index < -0.39 is 23.2 Å². The Morgan fingerprint density at radius 2 is 1.90 bits per heavy atom. The first-order valence-corrected chi connectivity index (χ1v) is 10.6. The Hall–Kier alpha value is -2.31. The van der Waals surface area contributed by atoms with Crippen molar-refractivity contribution in [2.75, 3.05) is 0 Å². The molecule has 2 aliphatic carbocycles. The Kier molecular flexibility index (Phi) is 5.40. The van der Waals surface area contributed by atoms with Crippen LogP contribution in [0.4, 0.5) is 8.78 Å². The number of pyridine rings is 2. The molecule has 2 heterocycles. The van der Waals surface area contributed by atoms with Crippen molar-refractivity contribution in [3.63, 3.8) is 0 Å². The van der Waals surface area contributed by atoms with Crippen LogP contribution in [0.3, 0.4) is 0 Å². The fraction of sp³-hybridized carbons (Fsp3) is 0.591. The molecule has 2 aromatic rings. The number of carbonyl (C=O) groups is 1. The Bertz CT molecular complexity index is 964. The Balaban J connectivity index is 1.77. The van der Waals surface area contributed by atoms with Crippen LogP contribution in [0.2, 0.25) is 0 Å². The maximum Gasteiger partial charge on any atom is 0.268 e. The second-order valence-corrected chi connectivity index (χ2v) is 8.66. The predicted molar refractivity (Wildman–Crippen MR) is 107 cm³/mol. The van der Waals surface area contributed by atoms with Gasteiger partial charge in [-0.05, 0) is 24.3 Å². The topological polar surface area (TPSA) is 88.8 Å². The van der Waals surface area contributed by atoms with Crippen molar-refractivity contribution in [3.05, 3.63) is 39.9 Å². The van der Waals surface area contributed by atoms with Crippen LogP contribution in [0.15, 0.2) is 23.1 Å². The molecule has 0 bridgehead atoms. The van der Waals surface area contributed by atoms with Gasteiger partial charge < -0.3 is 10.7 Å². The molecule has 2 atom stereocenters. The third-order valence-corrected chi connectivity index (χ3v) is 6.78. The predicted octanol–water partition coefficient (Wildman–Crippen LogP) is 4.51. The maximum absolute atomic E-state index is 14.4. The smallest absolute Gasteiger partial charge is 0.268 e. The summed E-state index contributed by atoms with van der Waals surface area (Å²) in [4.78, 5) is 31.5. The quantitative estimate of drug-likeness (QED) is 0.739. The Morgan fingerprint density at radius 3 is 2.59 bits per heavy atom. The highest BCUT2D eigenvalue weighted by Gasteiger charge is 2.45. The number of halogens is 2. The molecular weight excluding hydrogens is 376 g/mol. The third-order valence-electron chi connectivity index (χ3n) is 6.78. The van der Waals surface area contributed by atoms with Gasteiger partial charge in [-0.2, -0.15) is 0 Å². The highest BCUT2D eigenvalue weighted by molar-refractivity contribution is 6.03. The summed E-state index contributed by atoms with van der Waals surface area (Å²) in [5.74, 6) is -3.36. The number of rotatable bonds is 3. The SMILES string of the molecule is NC(=O)c1nccc2[nH]c(C3CC(F)(F)CCC3C3CCCCCC3)cc(=O)c12. The molecule has 0 aromatic carbocycles. The molecule has 0 saturated heterocycles. The molecule has 7 heteroatoms. The zero-order chi connectivity index (χ0) is 20.6. The van der Waals surface area contributed by atoms with E-state index in [-0.39, 0.29) is 29.8 Å². The first-order valence-electron chi connectivity index (χ1n) is 10.6. The molecule has 2 aliphatic rings. The summed E-state index contributed by atoms with van der Waals surface area (Å²) in [6.07, 6.45) is 8.39. The minimum absolute atomic E-state index is 0.0851. The van der Waals surface area contributed by atoms with E-state index in [1.54, 1.807) is 6.07 Å². The summed E-state index contributed by atoms with van der Waals surface area (Å²) in [6.45, 7) is 0. The number of nitrogens with one attached hydrogen (secondary N) is 1. The van der Waals surface area contributed by atoms with Crippen LogP contribution in [-0.2, 0) is 0 Å². The number of hydrogen-bond acceptors (Lipinski definition) is 3. The van der Waals surface area contributed by atoms with E-state index in [1.165, 1.54) is 25.1 Å². The van der Waals surface area contributed by atoms with E-state index in [9.17, 15) is 18.4 Å². The van der Waals surface area contributed by atoms with Gasteiger partial charge in [0.25, 0.3) is 5.91 Å². The molecule has 0 radical (unpaired) electrons. The number of H-pyrrole nitrogens is 1. The molecular formula is C22H27F2N3O2. The van der Waals surface area contributed by atoms with Crippen molar-refractivity contribution in [3.8, 4) is 0 Å². The van der Waals surface area contributed by atoms with Crippen LogP contribution in [-0.4, -0.2) is 21.8 Å². The number of primary amides is 1. The van der Waals surface area contributed by atoms with E-state index in [1.807, 2.05) is 0 Å². The zero-order valence-corrected chi connectivity index (χ0v) is 16.4. The van der Waals surface area contributed by atoms with Gasteiger partial charge in [0.1, 0.15) is 5.69 Å². The lowest BCUT2D eigenvalue weighted by Crippen LogP contribution is -2.35. The summed E-state index contributed by atoms with van der Waals surface area (Å²) >= 11 is 0. The third kappa shape index (κ3) is 4.05. The Morgan fingerprint density at radius 1 is 1.17 bits per heavy atom. The first kappa shape index (κ1) is 20.0. The summed E-state index contributed by atoms with van der Waals surface area (Å²) in [5.41, 5.74) is 5.81. The van der Waals surface area contributed by atoms with E-state index in [0.717, 1.165) is 25.7 Å². The molecule has 3 N–H and O–H groups in total. The number of aromatic amines is 1. The molecule has 1 amide bonds.